The van der Waals surface area contributed by atoms with Crippen LogP contribution < -0.4 is 4.74 Å². The van der Waals surface area contributed by atoms with Gasteiger partial charge in [-0.1, -0.05) is 67.0 Å². The number of ether oxygens (including phenoxy) is 2. The molecule has 7 heteroatoms. The molecule has 0 amide bonds. The Labute approximate surface area is 183 Å². The summed E-state index contributed by atoms with van der Waals surface area (Å²) in [6, 6.07) is 16.9. The Kier molecular flexibility index (Phi) is 8.22. The number of carbonyl (C=O) groups excluding carboxylic acids is 1. The minimum Gasteiger partial charge on any atom is -0.493 e. The molecule has 0 saturated carbocycles. The molecule has 2 aromatic carbocycles. The molecular formula is C21H26BrO4PS. The quantitative estimate of drug-likeness (QED) is 0.156. The Morgan fingerprint density at radius 3 is 2.39 bits per heavy atom. The van der Waals surface area contributed by atoms with Gasteiger partial charge in [0.05, 0.1) is 13.2 Å². The van der Waals surface area contributed by atoms with Gasteiger partial charge in [-0.25, -0.2) is 0 Å². The maximum Gasteiger partial charge on any atom is 0.322 e. The van der Waals surface area contributed by atoms with Gasteiger partial charge in [-0.2, -0.15) is 12.5 Å². The summed E-state index contributed by atoms with van der Waals surface area (Å²) in [6.07, 6.45) is 0.590. The number of esters is 1. The average Bonchev–Trinajstić information content (AvgIpc) is 2.72. The number of halogens is 1. The molecule has 0 bridgehead atoms. The largest absolute Gasteiger partial charge is 0.493 e. The normalized spacial score (nSPS) is 14.5. The zero-order chi connectivity index (χ0) is 21.3. The van der Waals surface area contributed by atoms with E-state index in [4.69, 9.17) is 10.6 Å². The molecule has 28 heavy (non-hydrogen) atoms. The number of alkyl halides is 1. The summed E-state index contributed by atoms with van der Waals surface area (Å²) < 4.78 is 17.6. The summed E-state index contributed by atoms with van der Waals surface area (Å²) in [5.74, 6) is 0.392. The van der Waals surface area contributed by atoms with Crippen molar-refractivity contribution in [3.8, 4) is 5.75 Å². The molecule has 2 rings (SSSR count). The van der Waals surface area contributed by atoms with Crippen LogP contribution in [0.15, 0.2) is 54.6 Å². The Balaban J connectivity index is 1.94. The van der Waals surface area contributed by atoms with E-state index in [-0.39, 0.29) is 14.6 Å². The zero-order valence-electron chi connectivity index (χ0n) is 17.0. The number of benzene rings is 2. The second-order valence-electron chi connectivity index (χ2n) is 6.73. The maximum absolute atomic E-state index is 11.7. The summed E-state index contributed by atoms with van der Waals surface area (Å²) in [5.41, 5.74) is 2.14. The van der Waals surface area contributed by atoms with Crippen LogP contribution in [0.4, 0.5) is 0 Å². The summed E-state index contributed by atoms with van der Waals surface area (Å²) in [7, 11) is 0.159. The van der Waals surface area contributed by atoms with Gasteiger partial charge in [0.25, 0.3) is 0 Å². The first-order valence-electron chi connectivity index (χ1n) is 9.38. The molecule has 0 fully saturated rings. The topological polar surface area (TPSA) is 55.8 Å². The Hall–Kier alpha value is -1.07. The van der Waals surface area contributed by atoms with Crippen LogP contribution in [-0.2, 0) is 14.9 Å². The second kappa shape index (κ2) is 10.6. The first-order chi connectivity index (χ1) is 13.8. The lowest BCUT2D eigenvalue weighted by Crippen LogP contribution is -2.27. The van der Waals surface area contributed by atoms with Crippen molar-refractivity contribution in [3.05, 3.63) is 65.7 Å². The highest BCUT2D eigenvalue weighted by Crippen LogP contribution is 2.45. The summed E-state index contributed by atoms with van der Waals surface area (Å²) >= 11 is 4.25. The van der Waals surface area contributed by atoms with Crippen molar-refractivity contribution < 1.29 is 19.4 Å². The minimum absolute atomic E-state index is 0.159. The van der Waals surface area contributed by atoms with E-state index in [1.165, 1.54) is 0 Å². The molecule has 0 saturated heterocycles. The molecule has 0 aliphatic rings. The number of rotatable bonds is 11. The van der Waals surface area contributed by atoms with Crippen LogP contribution in [0.3, 0.4) is 0 Å². The van der Waals surface area contributed by atoms with Crippen LogP contribution >= 0.6 is 37.0 Å². The molecule has 0 aromatic heterocycles. The van der Waals surface area contributed by atoms with Crippen LogP contribution in [0.2, 0.25) is 0 Å². The van der Waals surface area contributed by atoms with E-state index < -0.39 is 9.67 Å². The molecule has 4 nitrogen and oxygen atoms in total. The highest BCUT2D eigenvalue weighted by Gasteiger charge is 2.30. The lowest BCUT2D eigenvalue weighted by Gasteiger charge is -2.29. The minimum atomic E-state index is -1.12. The highest BCUT2D eigenvalue weighted by atomic mass is 79.9. The highest BCUT2D eigenvalue weighted by molar-refractivity contribution is 9.10. The molecule has 0 aliphatic heterocycles. The van der Waals surface area contributed by atoms with Gasteiger partial charge in [-0.15, -0.1) is 0 Å². The molecule has 2 unspecified atom stereocenters. The SMILES string of the molecule is [2H]SCPC(O)(c1ccccc1)c1ccc(OCCCOC(=O)C(C)(C)Br)cc1. The number of hydrogen-bond acceptors (Lipinski definition) is 5. The average molecular weight is 486 g/mol. The van der Waals surface area contributed by atoms with Crippen LogP contribution in [0.5, 0.6) is 5.75 Å². The van der Waals surface area contributed by atoms with Crippen LogP contribution in [0.25, 0.3) is 0 Å². The van der Waals surface area contributed by atoms with E-state index in [1.807, 2.05) is 54.6 Å². The van der Waals surface area contributed by atoms with Crippen LogP contribution in [0.1, 0.15) is 31.4 Å². The standard InChI is InChI=1S/C21H26BrO4PS/c1-20(2,22)19(23)26-14-6-13-25-18-11-9-17(10-12-18)21(24,27-15-28)16-7-4-3-5-8-16/h3-5,7-12,24,27-28H,6,13-15H2,1-2H3/i/hD. The number of hydrogen-bond donors (Lipinski definition) is 2. The molecule has 2 aromatic rings. The Morgan fingerprint density at radius 1 is 1.14 bits per heavy atom. The van der Waals surface area contributed by atoms with Crippen molar-refractivity contribution in [3.63, 3.8) is 0 Å². The van der Waals surface area contributed by atoms with Gasteiger partial charge in [0.15, 0.2) is 0 Å². The fourth-order valence-corrected chi connectivity index (χ4v) is 4.22. The summed E-state index contributed by atoms with van der Waals surface area (Å²) in [5, 5.41) is 10.2. The molecule has 0 heterocycles. The second-order valence-corrected chi connectivity index (χ2v) is 10.9. The van der Waals surface area contributed by atoms with Crippen molar-refractivity contribution in [2.75, 3.05) is 18.7 Å². The van der Waals surface area contributed by atoms with Crippen LogP contribution in [0, 0.1) is 0 Å². The fraction of sp³-hybridized carbons (Fsp3) is 0.381. The van der Waals surface area contributed by atoms with E-state index in [1.54, 1.807) is 13.8 Å². The molecule has 1 N–H and O–H groups in total. The third kappa shape index (κ3) is 6.48. The number of thiol groups is 1. The van der Waals surface area contributed by atoms with Gasteiger partial charge in [0, 0.05) is 11.9 Å². The lowest BCUT2D eigenvalue weighted by atomic mass is 10.0. The van der Waals surface area contributed by atoms with Crippen molar-refractivity contribution in [2.24, 2.45) is 0 Å². The van der Waals surface area contributed by atoms with Gasteiger partial charge in [0.2, 0.25) is 0 Å². The predicted octanol–water partition coefficient (Wildman–Crippen LogP) is 4.93. The van der Waals surface area contributed by atoms with E-state index in [0.717, 1.165) is 23.7 Å². The smallest absolute Gasteiger partial charge is 0.322 e. The molecular weight excluding hydrogens is 459 g/mol. The molecule has 2 atom stereocenters. The molecule has 152 valence electrons. The van der Waals surface area contributed by atoms with Crippen molar-refractivity contribution in [2.45, 2.75) is 29.9 Å². The third-order valence-corrected chi connectivity index (χ3v) is 6.06. The monoisotopic (exact) mass is 485 g/mol. The number of carbonyl (C=O) groups is 1. The Bertz CT molecular complexity index is 771. The first-order valence-corrected chi connectivity index (χ1v) is 11.6. The zero-order valence-corrected chi connectivity index (χ0v) is 19.4. The van der Waals surface area contributed by atoms with E-state index in [2.05, 4.69) is 15.9 Å². The van der Waals surface area contributed by atoms with Gasteiger partial charge < -0.3 is 14.6 Å². The van der Waals surface area contributed by atoms with Gasteiger partial charge in [0.1, 0.15) is 16.5 Å². The van der Waals surface area contributed by atoms with E-state index in [0.29, 0.717) is 30.9 Å². The predicted molar refractivity (Wildman–Crippen MR) is 122 cm³/mol. The van der Waals surface area contributed by atoms with E-state index >= 15 is 0 Å². The summed E-state index contributed by atoms with van der Waals surface area (Å²) in [4.78, 5) is 11.7. The lowest BCUT2D eigenvalue weighted by molar-refractivity contribution is -0.145. The van der Waals surface area contributed by atoms with Crippen molar-refractivity contribution in [1.82, 2.24) is 0 Å². The van der Waals surface area contributed by atoms with Crippen molar-refractivity contribution >= 4 is 43.0 Å². The summed E-state index contributed by atoms with van der Waals surface area (Å²) in [6.45, 7) is 4.21. The number of aliphatic hydroxyl groups is 1. The third-order valence-electron chi connectivity index (χ3n) is 4.07. The fourth-order valence-electron chi connectivity index (χ4n) is 2.53. The maximum atomic E-state index is 11.7. The Morgan fingerprint density at radius 2 is 1.79 bits per heavy atom. The van der Waals surface area contributed by atoms with E-state index in [9.17, 15) is 9.90 Å². The van der Waals surface area contributed by atoms with Crippen molar-refractivity contribution in [1.29, 1.82) is 1.12 Å². The van der Waals surface area contributed by atoms with Crippen LogP contribution in [-0.4, -0.2) is 35.2 Å². The molecule has 0 spiro atoms. The first kappa shape index (κ1) is 21.6. The molecule has 0 radical (unpaired) electrons. The van der Waals surface area contributed by atoms with Gasteiger partial charge in [-0.3, -0.25) is 4.79 Å². The molecule has 0 aliphatic carbocycles. The van der Waals surface area contributed by atoms with Gasteiger partial charge >= 0.3 is 5.97 Å². The van der Waals surface area contributed by atoms with Gasteiger partial charge in [-0.05, 0) is 37.1 Å².